The Morgan fingerprint density at radius 2 is 1.69 bits per heavy atom. The SMILES string of the molecule is Cc1cc(CCCCCCCOc2ccc(-c3nnc(C)o3)cc2)on1. The number of hydrogen-bond donors (Lipinski definition) is 0. The number of aromatic nitrogens is 3. The van der Waals surface area contributed by atoms with E-state index in [0.717, 1.165) is 48.6 Å². The molecule has 0 fully saturated rings. The highest BCUT2D eigenvalue weighted by Crippen LogP contribution is 2.21. The zero-order valence-electron chi connectivity index (χ0n) is 15.4. The van der Waals surface area contributed by atoms with Crippen molar-refractivity contribution in [2.24, 2.45) is 0 Å². The van der Waals surface area contributed by atoms with Crippen LogP contribution in [0.4, 0.5) is 0 Å². The van der Waals surface area contributed by atoms with Gasteiger partial charge in [-0.05, 0) is 44.0 Å². The number of benzene rings is 1. The average Bonchev–Trinajstić information content (AvgIpc) is 3.26. The summed E-state index contributed by atoms with van der Waals surface area (Å²) in [6.07, 6.45) is 6.78. The lowest BCUT2D eigenvalue weighted by atomic mass is 10.1. The third-order valence-corrected chi connectivity index (χ3v) is 4.14. The highest BCUT2D eigenvalue weighted by Gasteiger charge is 2.05. The predicted octanol–water partition coefficient (Wildman–Crippen LogP) is 4.91. The lowest BCUT2D eigenvalue weighted by molar-refractivity contribution is 0.304. The molecule has 2 aromatic heterocycles. The zero-order chi connectivity index (χ0) is 18.2. The fraction of sp³-hybridized carbons (Fsp3) is 0.450. The molecule has 3 aromatic rings. The minimum absolute atomic E-state index is 0.537. The van der Waals surface area contributed by atoms with Crippen LogP contribution in [0.15, 0.2) is 39.3 Å². The summed E-state index contributed by atoms with van der Waals surface area (Å²) >= 11 is 0. The molecule has 0 N–H and O–H groups in total. The van der Waals surface area contributed by atoms with Crippen LogP contribution in [0.3, 0.4) is 0 Å². The van der Waals surface area contributed by atoms with Crippen molar-refractivity contribution in [3.05, 3.63) is 47.7 Å². The predicted molar refractivity (Wildman–Crippen MR) is 98.0 cm³/mol. The zero-order valence-corrected chi connectivity index (χ0v) is 15.4. The van der Waals surface area contributed by atoms with Crippen LogP contribution >= 0.6 is 0 Å². The van der Waals surface area contributed by atoms with Crippen molar-refractivity contribution in [3.63, 3.8) is 0 Å². The fourth-order valence-electron chi connectivity index (χ4n) is 2.76. The first-order valence-electron chi connectivity index (χ1n) is 9.16. The second-order valence-corrected chi connectivity index (χ2v) is 6.45. The van der Waals surface area contributed by atoms with E-state index in [1.54, 1.807) is 6.92 Å². The first-order valence-corrected chi connectivity index (χ1v) is 9.16. The summed E-state index contributed by atoms with van der Waals surface area (Å²) in [5, 5.41) is 11.8. The largest absolute Gasteiger partial charge is 0.494 e. The van der Waals surface area contributed by atoms with Crippen LogP contribution in [0.1, 0.15) is 49.4 Å². The van der Waals surface area contributed by atoms with Gasteiger partial charge in [0, 0.05) is 25.0 Å². The quantitative estimate of drug-likeness (QED) is 0.481. The second-order valence-electron chi connectivity index (χ2n) is 6.45. The molecule has 0 unspecified atom stereocenters. The molecule has 0 aliphatic carbocycles. The van der Waals surface area contributed by atoms with Gasteiger partial charge in [-0.1, -0.05) is 24.4 Å². The maximum absolute atomic E-state index is 5.79. The van der Waals surface area contributed by atoms with E-state index in [2.05, 4.69) is 15.4 Å². The van der Waals surface area contributed by atoms with Gasteiger partial charge >= 0.3 is 0 Å². The van der Waals surface area contributed by atoms with Crippen molar-refractivity contribution in [2.45, 2.75) is 52.4 Å². The molecule has 2 heterocycles. The van der Waals surface area contributed by atoms with Crippen LogP contribution in [0.2, 0.25) is 0 Å². The van der Waals surface area contributed by atoms with Crippen LogP contribution in [-0.4, -0.2) is 22.0 Å². The Bertz CT molecular complexity index is 793. The lowest BCUT2D eigenvalue weighted by Crippen LogP contribution is -1.97. The number of hydrogen-bond acceptors (Lipinski definition) is 6. The molecule has 0 bridgehead atoms. The van der Waals surface area contributed by atoms with E-state index in [9.17, 15) is 0 Å². The minimum Gasteiger partial charge on any atom is -0.494 e. The molecule has 6 nitrogen and oxygen atoms in total. The molecule has 1 aromatic carbocycles. The van der Waals surface area contributed by atoms with Gasteiger partial charge in [0.2, 0.25) is 11.8 Å². The molecule has 26 heavy (non-hydrogen) atoms. The Kier molecular flexibility index (Phi) is 6.41. The Labute approximate surface area is 153 Å². The molecule has 0 aliphatic heterocycles. The topological polar surface area (TPSA) is 74.2 Å². The molecule has 6 heteroatoms. The molecule has 0 radical (unpaired) electrons. The molecule has 0 saturated carbocycles. The van der Waals surface area contributed by atoms with Gasteiger partial charge in [-0.2, -0.15) is 0 Å². The summed E-state index contributed by atoms with van der Waals surface area (Å²) in [5.41, 5.74) is 1.86. The minimum atomic E-state index is 0.537. The standard InChI is InChI=1S/C20H25N3O3/c1-15-14-19(26-23-15)8-6-4-3-5-7-13-24-18-11-9-17(10-12-18)20-22-21-16(2)25-20/h9-12,14H,3-8,13H2,1-2H3. The fourth-order valence-corrected chi connectivity index (χ4v) is 2.76. The summed E-state index contributed by atoms with van der Waals surface area (Å²) in [7, 11) is 0. The van der Waals surface area contributed by atoms with E-state index in [-0.39, 0.29) is 0 Å². The van der Waals surface area contributed by atoms with Crippen LogP contribution in [0.25, 0.3) is 11.5 Å². The summed E-state index contributed by atoms with van der Waals surface area (Å²) < 4.78 is 16.4. The summed E-state index contributed by atoms with van der Waals surface area (Å²) in [4.78, 5) is 0. The number of unbranched alkanes of at least 4 members (excludes halogenated alkanes) is 4. The van der Waals surface area contributed by atoms with Gasteiger partial charge in [-0.25, -0.2) is 0 Å². The first-order chi connectivity index (χ1) is 12.7. The first kappa shape index (κ1) is 18.2. The number of aryl methyl sites for hydroxylation is 3. The molecule has 0 aliphatic rings. The third kappa shape index (κ3) is 5.44. The molecule has 0 spiro atoms. The molecule has 138 valence electrons. The van der Waals surface area contributed by atoms with Crippen molar-refractivity contribution in [2.75, 3.05) is 6.61 Å². The number of rotatable bonds is 10. The van der Waals surface area contributed by atoms with Gasteiger partial charge in [-0.15, -0.1) is 10.2 Å². The van der Waals surface area contributed by atoms with Crippen molar-refractivity contribution in [1.82, 2.24) is 15.4 Å². The van der Waals surface area contributed by atoms with Crippen LogP contribution in [0.5, 0.6) is 5.75 Å². The smallest absolute Gasteiger partial charge is 0.247 e. The number of nitrogens with zero attached hydrogens (tertiary/aromatic N) is 3. The molecule has 0 atom stereocenters. The second kappa shape index (κ2) is 9.17. The highest BCUT2D eigenvalue weighted by atomic mass is 16.5. The molecule has 3 rings (SSSR count). The maximum Gasteiger partial charge on any atom is 0.247 e. The van der Waals surface area contributed by atoms with Crippen molar-refractivity contribution < 1.29 is 13.7 Å². The van der Waals surface area contributed by atoms with Crippen molar-refractivity contribution in [1.29, 1.82) is 0 Å². The molecule has 0 saturated heterocycles. The van der Waals surface area contributed by atoms with Gasteiger partial charge in [0.25, 0.3) is 0 Å². The van der Waals surface area contributed by atoms with Gasteiger partial charge in [0.1, 0.15) is 11.5 Å². The van der Waals surface area contributed by atoms with Gasteiger partial charge < -0.3 is 13.7 Å². The third-order valence-electron chi connectivity index (χ3n) is 4.14. The Balaban J connectivity index is 1.26. The molecular weight excluding hydrogens is 330 g/mol. The van der Waals surface area contributed by atoms with Gasteiger partial charge in [-0.3, -0.25) is 0 Å². The van der Waals surface area contributed by atoms with E-state index < -0.39 is 0 Å². The van der Waals surface area contributed by atoms with E-state index in [0.29, 0.717) is 11.8 Å². The lowest BCUT2D eigenvalue weighted by Gasteiger charge is -2.06. The van der Waals surface area contributed by atoms with Crippen molar-refractivity contribution in [3.8, 4) is 17.2 Å². The Hall–Kier alpha value is -2.63. The van der Waals surface area contributed by atoms with Gasteiger partial charge in [0.05, 0.1) is 12.3 Å². The summed E-state index contributed by atoms with van der Waals surface area (Å²) in [5.74, 6) is 2.96. The maximum atomic E-state index is 5.79. The van der Waals surface area contributed by atoms with E-state index >= 15 is 0 Å². The monoisotopic (exact) mass is 355 g/mol. The normalized spacial score (nSPS) is 11.0. The van der Waals surface area contributed by atoms with Crippen LogP contribution in [-0.2, 0) is 6.42 Å². The molecular formula is C20H25N3O3. The van der Waals surface area contributed by atoms with Crippen LogP contribution < -0.4 is 4.74 Å². The Morgan fingerprint density at radius 3 is 2.38 bits per heavy atom. The van der Waals surface area contributed by atoms with E-state index in [4.69, 9.17) is 13.7 Å². The summed E-state index contributed by atoms with van der Waals surface area (Å²) in [6.45, 7) is 4.47. The Morgan fingerprint density at radius 1 is 0.923 bits per heavy atom. The van der Waals surface area contributed by atoms with Crippen LogP contribution in [0, 0.1) is 13.8 Å². The van der Waals surface area contributed by atoms with E-state index in [1.807, 2.05) is 37.3 Å². The van der Waals surface area contributed by atoms with E-state index in [1.165, 1.54) is 19.3 Å². The summed E-state index contributed by atoms with van der Waals surface area (Å²) in [6, 6.07) is 9.77. The number of ether oxygens (including phenoxy) is 1. The van der Waals surface area contributed by atoms with Gasteiger partial charge in [0.15, 0.2) is 0 Å². The highest BCUT2D eigenvalue weighted by molar-refractivity contribution is 5.53. The molecule has 0 amide bonds. The van der Waals surface area contributed by atoms with Crippen molar-refractivity contribution >= 4 is 0 Å². The average molecular weight is 355 g/mol.